The fraction of sp³-hybridized carbons (Fsp3) is 1.00. The predicted molar refractivity (Wildman–Crippen MR) is 25.4 cm³/mol. The summed E-state index contributed by atoms with van der Waals surface area (Å²) in [5.74, 6) is 0. The van der Waals surface area contributed by atoms with Crippen molar-refractivity contribution in [3.05, 3.63) is 0 Å². The van der Waals surface area contributed by atoms with Gasteiger partial charge in [0.05, 0.1) is 0 Å². The van der Waals surface area contributed by atoms with Crippen LogP contribution >= 0.6 is 7.28 Å². The van der Waals surface area contributed by atoms with Gasteiger partial charge >= 0.3 is 35.3 Å². The summed E-state index contributed by atoms with van der Waals surface area (Å²) >= 11 is 0. The van der Waals surface area contributed by atoms with Crippen LogP contribution in [-0.2, 0) is 19.5 Å². The fourth-order valence-corrected chi connectivity index (χ4v) is 0. The molecule has 0 aliphatic rings. The van der Waals surface area contributed by atoms with Crippen molar-refractivity contribution in [3.63, 3.8) is 0 Å². The zero-order valence-corrected chi connectivity index (χ0v) is 8.36. The van der Waals surface area contributed by atoms with Gasteiger partial charge in [-0.25, -0.2) is 0 Å². The number of rotatable bonds is 0. The van der Waals surface area contributed by atoms with Gasteiger partial charge in [0.15, 0.2) is 0 Å². The number of hydrogen-bond donors (Lipinski definition) is 3. The number of hydrogen-bond acceptors (Lipinski definition) is 3. The van der Waals surface area contributed by atoms with E-state index in [2.05, 4.69) is 0 Å². The Morgan fingerprint density at radius 3 is 1.00 bits per heavy atom. The van der Waals surface area contributed by atoms with E-state index in [1.807, 2.05) is 0 Å². The molecule has 42 valence electrons. The van der Waals surface area contributed by atoms with Crippen LogP contribution in [0.2, 0.25) is 0 Å². The maximum Gasteiger partial charge on any atom is 0 e. The van der Waals surface area contributed by atoms with Crippen molar-refractivity contribution in [2.45, 2.75) is 0 Å². The fourth-order valence-electron chi connectivity index (χ4n) is 0. The van der Waals surface area contributed by atoms with E-state index in [4.69, 9.17) is 14.7 Å². The molecule has 0 aliphatic carbocycles. The molecule has 0 rings (SSSR count). The first-order valence-electron chi connectivity index (χ1n) is 1.49. The Hall–Kier alpha value is 0.933. The van der Waals surface area contributed by atoms with Gasteiger partial charge in [0.1, 0.15) is 0 Å². The smallest absolute Gasteiger partial charge is 0 e. The molecule has 0 fully saturated rings. The second kappa shape index (κ2) is 2.04. The molecular formula is C2H9O3PZn. The largest absolute Gasteiger partial charge is 0 e. The van der Waals surface area contributed by atoms with Crippen molar-refractivity contribution < 1.29 is 34.2 Å². The van der Waals surface area contributed by atoms with Crippen LogP contribution in [0.1, 0.15) is 0 Å². The summed E-state index contributed by atoms with van der Waals surface area (Å²) in [5, 5.41) is 0. The third-order valence-electron chi connectivity index (χ3n) is 0. The summed E-state index contributed by atoms with van der Waals surface area (Å²) in [4.78, 5) is 24.7. The first-order valence-corrected chi connectivity index (χ1v) is 4.48. The molecule has 0 spiro atoms. The second-order valence-corrected chi connectivity index (χ2v) is 5.75. The third kappa shape index (κ3) is 194. The van der Waals surface area contributed by atoms with E-state index in [0.717, 1.165) is 13.3 Å². The van der Waals surface area contributed by atoms with Crippen LogP contribution in [0, 0.1) is 0 Å². The predicted octanol–water partition coefficient (Wildman–Crippen LogP) is -0.481. The van der Waals surface area contributed by atoms with E-state index in [1.165, 1.54) is 0 Å². The Kier molecular flexibility index (Phi) is 3.16. The molecule has 0 aromatic carbocycles. The molecule has 0 bridgehead atoms. The molecule has 0 atom stereocenters. The summed E-state index contributed by atoms with van der Waals surface area (Å²) in [6.07, 6.45) is 0. The van der Waals surface area contributed by atoms with Crippen molar-refractivity contribution in [2.24, 2.45) is 0 Å². The summed E-state index contributed by atoms with van der Waals surface area (Å²) in [5.41, 5.74) is 0. The Morgan fingerprint density at radius 2 is 1.00 bits per heavy atom. The molecule has 0 aliphatic heterocycles. The minimum atomic E-state index is -4.05. The average Bonchev–Trinajstić information content (AvgIpc) is 0.650. The zero-order chi connectivity index (χ0) is 5.45. The Morgan fingerprint density at radius 1 is 1.00 bits per heavy atom. The molecule has 0 saturated heterocycles. The molecule has 0 heterocycles. The standard InChI is InChI=1S/C2H9O3P.Zn/c1-6(2,3,4)5;/h3-5H,1-2H3;. The van der Waals surface area contributed by atoms with Crippen molar-refractivity contribution in [2.75, 3.05) is 13.3 Å². The third-order valence-corrected chi connectivity index (χ3v) is 0. The van der Waals surface area contributed by atoms with E-state index in [0.29, 0.717) is 0 Å². The first kappa shape index (κ1) is 10.8. The van der Waals surface area contributed by atoms with Gasteiger partial charge in [-0.3, -0.25) is 0 Å². The molecule has 0 radical (unpaired) electrons. The summed E-state index contributed by atoms with van der Waals surface area (Å²) in [7, 11) is -4.05. The van der Waals surface area contributed by atoms with Gasteiger partial charge in [-0.15, -0.1) is 0 Å². The van der Waals surface area contributed by atoms with Gasteiger partial charge < -0.3 is 0 Å². The van der Waals surface area contributed by atoms with Crippen LogP contribution in [0.4, 0.5) is 0 Å². The van der Waals surface area contributed by atoms with Crippen LogP contribution in [0.5, 0.6) is 0 Å². The molecule has 0 aromatic rings. The Balaban J connectivity index is 0. The van der Waals surface area contributed by atoms with Crippen molar-refractivity contribution in [1.82, 2.24) is 0 Å². The Labute approximate surface area is 55.3 Å². The molecule has 0 unspecified atom stereocenters. The maximum absolute atomic E-state index is 8.23. The molecular weight excluding hydrogens is 168 g/mol. The van der Waals surface area contributed by atoms with Gasteiger partial charge in [-0.1, -0.05) is 0 Å². The van der Waals surface area contributed by atoms with E-state index < -0.39 is 7.28 Å². The molecule has 7 heavy (non-hydrogen) atoms. The normalized spacial score (nSPS) is 16.4. The second-order valence-electron chi connectivity index (χ2n) is 1.92. The van der Waals surface area contributed by atoms with Gasteiger partial charge in [-0.05, 0) is 0 Å². The summed E-state index contributed by atoms with van der Waals surface area (Å²) in [6, 6.07) is 0. The molecule has 0 aromatic heterocycles. The average molecular weight is 177 g/mol. The molecule has 0 amide bonds. The van der Waals surface area contributed by atoms with E-state index in [9.17, 15) is 0 Å². The molecule has 0 saturated carbocycles. The van der Waals surface area contributed by atoms with Crippen LogP contribution in [0.3, 0.4) is 0 Å². The molecule has 5 heteroatoms. The van der Waals surface area contributed by atoms with Crippen LogP contribution in [-0.4, -0.2) is 28.0 Å². The maximum atomic E-state index is 8.23. The monoisotopic (exact) mass is 176 g/mol. The van der Waals surface area contributed by atoms with Crippen LogP contribution < -0.4 is 0 Å². The van der Waals surface area contributed by atoms with E-state index >= 15 is 0 Å². The minimum absolute atomic E-state index is 0. The van der Waals surface area contributed by atoms with E-state index in [1.54, 1.807) is 0 Å². The van der Waals surface area contributed by atoms with Gasteiger partial charge in [-0.2, -0.15) is 0 Å². The van der Waals surface area contributed by atoms with Gasteiger partial charge in [0.2, 0.25) is 0 Å². The van der Waals surface area contributed by atoms with Crippen molar-refractivity contribution in [1.29, 1.82) is 0 Å². The summed E-state index contributed by atoms with van der Waals surface area (Å²) in [6.45, 7) is 2.01. The zero-order valence-electron chi connectivity index (χ0n) is 4.50. The topological polar surface area (TPSA) is 60.7 Å². The quantitative estimate of drug-likeness (QED) is 0.346. The molecule has 3 N–H and O–H groups in total. The first-order chi connectivity index (χ1) is 2.24. The van der Waals surface area contributed by atoms with Crippen LogP contribution in [0.25, 0.3) is 0 Å². The minimum Gasteiger partial charge on any atom is 0 e. The molecule has 3 nitrogen and oxygen atoms in total. The van der Waals surface area contributed by atoms with Gasteiger partial charge in [0.25, 0.3) is 0 Å². The van der Waals surface area contributed by atoms with Crippen LogP contribution in [0.15, 0.2) is 0 Å². The Bertz CT molecular complexity index is 46.1. The van der Waals surface area contributed by atoms with Gasteiger partial charge in [0, 0.05) is 19.5 Å². The van der Waals surface area contributed by atoms with Crippen molar-refractivity contribution >= 4 is 7.28 Å². The summed E-state index contributed by atoms with van der Waals surface area (Å²) < 4.78 is 0. The SMILES string of the molecule is CP(C)(O)(O)O.[Zn]. The van der Waals surface area contributed by atoms with E-state index in [-0.39, 0.29) is 19.5 Å². The van der Waals surface area contributed by atoms with Crippen molar-refractivity contribution in [3.8, 4) is 0 Å².